The van der Waals surface area contributed by atoms with E-state index in [0.29, 0.717) is 6.07 Å². The van der Waals surface area contributed by atoms with Crippen molar-refractivity contribution >= 4 is 60.8 Å². The maximum Gasteiger partial charge on any atom is 0.269 e. The summed E-state index contributed by atoms with van der Waals surface area (Å²) >= 11 is 12.4. The summed E-state index contributed by atoms with van der Waals surface area (Å²) in [6, 6.07) is 7.19. The third-order valence-electron chi connectivity index (χ3n) is 6.10. The largest absolute Gasteiger partial charge is 0.321 e. The van der Waals surface area contributed by atoms with E-state index < -0.39 is 44.5 Å². The zero-order valence-corrected chi connectivity index (χ0v) is 23.0. The highest BCUT2D eigenvalue weighted by atomic mass is 35.5. The van der Waals surface area contributed by atoms with Gasteiger partial charge in [0.25, 0.3) is 5.56 Å². The van der Waals surface area contributed by atoms with Crippen molar-refractivity contribution in [2.24, 2.45) is 12.8 Å². The molecule has 0 saturated heterocycles. The number of hydrogen-bond donors (Lipinski definition) is 2. The first-order valence-corrected chi connectivity index (χ1v) is 14.1. The summed E-state index contributed by atoms with van der Waals surface area (Å²) in [7, 11) is -2.28. The predicted molar refractivity (Wildman–Crippen MR) is 147 cm³/mol. The second-order valence-electron chi connectivity index (χ2n) is 9.09. The van der Waals surface area contributed by atoms with E-state index in [1.54, 1.807) is 0 Å². The van der Waals surface area contributed by atoms with Crippen LogP contribution in [0.5, 0.6) is 0 Å². The molecule has 0 radical (unpaired) electrons. The van der Waals surface area contributed by atoms with Gasteiger partial charge < -0.3 is 5.73 Å². The highest BCUT2D eigenvalue weighted by Crippen LogP contribution is 2.35. The zero-order valence-electron chi connectivity index (χ0n) is 20.7. The van der Waals surface area contributed by atoms with Gasteiger partial charge in [0.15, 0.2) is 11.6 Å². The Bertz CT molecular complexity index is 1990. The molecule has 0 spiro atoms. The van der Waals surface area contributed by atoms with E-state index in [-0.39, 0.29) is 55.8 Å². The standard InChI is InChI=1S/C25H19Cl2F3N6O3S/c1-35-22-18(6-4-14(26)19(22)23(33-35)34-40(2,38)39)36-24(16(31)9-11-7-12(28)10-13(29)8-11)32-17-5-3-15(27)21(30)20(17)25(36)37/h3-8,10,16H,9,31H2,1-2H3,(H,33,34). The van der Waals surface area contributed by atoms with Crippen LogP contribution in [0.15, 0.2) is 47.3 Å². The minimum atomic E-state index is -3.77. The molecule has 0 aliphatic heterocycles. The summed E-state index contributed by atoms with van der Waals surface area (Å²) in [5.74, 6) is -2.83. The van der Waals surface area contributed by atoms with Crippen molar-refractivity contribution in [3.8, 4) is 5.69 Å². The lowest BCUT2D eigenvalue weighted by molar-refractivity contribution is 0.572. The molecule has 0 aliphatic carbocycles. The van der Waals surface area contributed by atoms with Gasteiger partial charge in [-0.3, -0.25) is 18.8 Å². The first-order chi connectivity index (χ1) is 18.7. The van der Waals surface area contributed by atoms with Crippen LogP contribution >= 0.6 is 23.2 Å². The third-order valence-corrected chi connectivity index (χ3v) is 7.27. The monoisotopic (exact) mass is 610 g/mol. The van der Waals surface area contributed by atoms with Crippen LogP contribution in [0, 0.1) is 17.5 Å². The van der Waals surface area contributed by atoms with Gasteiger partial charge in [-0.05, 0) is 48.4 Å². The van der Waals surface area contributed by atoms with Crippen LogP contribution in [0.3, 0.4) is 0 Å². The Morgan fingerprint density at radius 3 is 2.33 bits per heavy atom. The Hall–Kier alpha value is -3.65. The fraction of sp³-hybridized carbons (Fsp3) is 0.160. The second kappa shape index (κ2) is 10.1. The number of aryl methyl sites for hydroxylation is 1. The maximum absolute atomic E-state index is 15.2. The number of halogens is 5. The number of nitrogens with one attached hydrogen (secondary N) is 1. The van der Waals surface area contributed by atoms with Crippen LogP contribution < -0.4 is 16.0 Å². The van der Waals surface area contributed by atoms with E-state index in [9.17, 15) is 22.0 Å². The Kier molecular flexibility index (Phi) is 7.03. The van der Waals surface area contributed by atoms with Crippen molar-refractivity contribution in [3.05, 3.63) is 91.7 Å². The fourth-order valence-electron chi connectivity index (χ4n) is 4.57. The molecule has 0 saturated carbocycles. The maximum atomic E-state index is 15.2. The van der Waals surface area contributed by atoms with Gasteiger partial charge in [-0.25, -0.2) is 26.6 Å². The molecule has 9 nitrogen and oxygen atoms in total. The van der Waals surface area contributed by atoms with Crippen molar-refractivity contribution in [2.75, 3.05) is 11.0 Å². The number of benzene rings is 3. The SMILES string of the molecule is Cn1nc(NS(C)(=O)=O)c2c(Cl)ccc(-n3c(C(N)Cc4cc(F)cc(F)c4)nc4ccc(Cl)c(F)c4c3=O)c21. The third kappa shape index (κ3) is 5.01. The summed E-state index contributed by atoms with van der Waals surface area (Å²) in [4.78, 5) is 18.4. The average Bonchev–Trinajstić information content (AvgIpc) is 3.16. The lowest BCUT2D eigenvalue weighted by Crippen LogP contribution is -2.30. The van der Waals surface area contributed by atoms with Gasteiger partial charge >= 0.3 is 0 Å². The molecule has 208 valence electrons. The van der Waals surface area contributed by atoms with Gasteiger partial charge in [-0.2, -0.15) is 5.10 Å². The fourth-order valence-corrected chi connectivity index (χ4v) is 5.46. The molecule has 5 aromatic rings. The van der Waals surface area contributed by atoms with Crippen LogP contribution in [0.4, 0.5) is 19.0 Å². The molecule has 2 aromatic heterocycles. The lowest BCUT2D eigenvalue weighted by Gasteiger charge is -2.20. The Morgan fingerprint density at radius 2 is 1.68 bits per heavy atom. The van der Waals surface area contributed by atoms with Crippen LogP contribution in [-0.2, 0) is 23.5 Å². The van der Waals surface area contributed by atoms with E-state index in [4.69, 9.17) is 28.9 Å². The Labute approximate surface area is 235 Å². The molecule has 0 amide bonds. The number of nitrogens with two attached hydrogens (primary N) is 1. The second-order valence-corrected chi connectivity index (χ2v) is 11.7. The van der Waals surface area contributed by atoms with E-state index in [2.05, 4.69) is 14.8 Å². The molecular formula is C25H19Cl2F3N6O3S. The quantitative estimate of drug-likeness (QED) is 0.289. The molecule has 1 atom stereocenters. The van der Waals surface area contributed by atoms with Gasteiger partial charge in [-0.15, -0.1) is 0 Å². The number of hydrogen-bond acceptors (Lipinski definition) is 6. The highest BCUT2D eigenvalue weighted by Gasteiger charge is 2.26. The number of fused-ring (bicyclic) bond motifs is 2. The zero-order chi connectivity index (χ0) is 29.1. The molecule has 3 aromatic carbocycles. The molecule has 0 bridgehead atoms. The van der Waals surface area contributed by atoms with Gasteiger partial charge in [-0.1, -0.05) is 23.2 Å². The summed E-state index contributed by atoms with van der Waals surface area (Å²) < 4.78 is 71.4. The first kappa shape index (κ1) is 27.9. The van der Waals surface area contributed by atoms with Crippen molar-refractivity contribution in [2.45, 2.75) is 12.5 Å². The summed E-state index contributed by atoms with van der Waals surface area (Å²) in [6.45, 7) is 0. The molecule has 40 heavy (non-hydrogen) atoms. The molecule has 1 unspecified atom stereocenters. The minimum absolute atomic E-state index is 0.0475. The number of aromatic nitrogens is 4. The van der Waals surface area contributed by atoms with E-state index in [0.717, 1.165) is 23.0 Å². The van der Waals surface area contributed by atoms with Crippen LogP contribution in [-0.4, -0.2) is 34.0 Å². The van der Waals surface area contributed by atoms with Crippen LogP contribution in [0.2, 0.25) is 10.0 Å². The molecule has 0 aliphatic rings. The van der Waals surface area contributed by atoms with Gasteiger partial charge in [0.2, 0.25) is 10.0 Å². The predicted octanol–water partition coefficient (Wildman–Crippen LogP) is 4.61. The Morgan fingerprint density at radius 1 is 1.02 bits per heavy atom. The summed E-state index contributed by atoms with van der Waals surface area (Å²) in [5, 5.41) is 3.72. The van der Waals surface area contributed by atoms with Crippen molar-refractivity contribution in [1.29, 1.82) is 0 Å². The number of nitrogens with zero attached hydrogens (tertiary/aromatic N) is 4. The Balaban J connectivity index is 1.84. The van der Waals surface area contributed by atoms with E-state index in [1.165, 1.54) is 36.0 Å². The van der Waals surface area contributed by atoms with E-state index in [1.807, 2.05) is 0 Å². The molecule has 0 fully saturated rings. The normalized spacial score (nSPS) is 12.8. The first-order valence-electron chi connectivity index (χ1n) is 11.5. The number of sulfonamides is 1. The number of rotatable bonds is 6. The van der Waals surface area contributed by atoms with Crippen LogP contribution in [0.25, 0.3) is 27.5 Å². The lowest BCUT2D eigenvalue weighted by atomic mass is 10.0. The molecule has 3 N–H and O–H groups in total. The molecule has 2 heterocycles. The number of anilines is 1. The van der Waals surface area contributed by atoms with Crippen molar-refractivity contribution in [1.82, 2.24) is 19.3 Å². The topological polar surface area (TPSA) is 125 Å². The average molecular weight is 611 g/mol. The smallest absolute Gasteiger partial charge is 0.269 e. The van der Waals surface area contributed by atoms with E-state index >= 15 is 4.39 Å². The van der Waals surface area contributed by atoms with Gasteiger partial charge in [0, 0.05) is 13.1 Å². The van der Waals surface area contributed by atoms with Crippen molar-refractivity contribution < 1.29 is 21.6 Å². The molecule has 5 rings (SSSR count). The van der Waals surface area contributed by atoms with Crippen molar-refractivity contribution in [3.63, 3.8) is 0 Å². The summed E-state index contributed by atoms with van der Waals surface area (Å²) in [6.07, 6.45) is 0.785. The summed E-state index contributed by atoms with van der Waals surface area (Å²) in [5.41, 5.74) is 6.00. The molecular weight excluding hydrogens is 592 g/mol. The van der Waals surface area contributed by atoms with Crippen LogP contribution in [0.1, 0.15) is 17.4 Å². The molecule has 15 heteroatoms. The van der Waals surface area contributed by atoms with Gasteiger partial charge in [0.1, 0.15) is 22.8 Å². The van der Waals surface area contributed by atoms with Gasteiger partial charge in [0.05, 0.1) is 44.4 Å². The highest BCUT2D eigenvalue weighted by molar-refractivity contribution is 7.92. The minimum Gasteiger partial charge on any atom is -0.321 e.